The zero-order valence-corrected chi connectivity index (χ0v) is 28.3. The Labute approximate surface area is 279 Å². The SMILES string of the molecule is ClC(Cl)(Cl)C1CCCC2C3NC4NC(NC5NC(NC6NC(NC(N3)C21)C1CCCCC61)C1CCCCC51)C1CCCCC41. The van der Waals surface area contributed by atoms with Crippen LogP contribution in [0.5, 0.6) is 0 Å². The average Bonchev–Trinajstić information content (AvgIpc) is 3.76. The Morgan fingerprint density at radius 3 is 0.909 bits per heavy atom. The molecule has 9 fully saturated rings. The van der Waals surface area contributed by atoms with Crippen LogP contribution in [0, 0.1) is 53.3 Å². The lowest BCUT2D eigenvalue weighted by atomic mass is 9.71. The van der Waals surface area contributed by atoms with Gasteiger partial charge in [0, 0.05) is 5.92 Å². The minimum absolute atomic E-state index is 0.0409. The number of hydrogen-bond donors (Lipinski definition) is 8. The predicted molar refractivity (Wildman–Crippen MR) is 176 cm³/mol. The number of fused-ring (bicyclic) bond motifs is 20. The van der Waals surface area contributed by atoms with Crippen LogP contribution in [0.1, 0.15) is 96.3 Å². The maximum absolute atomic E-state index is 6.78. The second-order valence-electron chi connectivity index (χ2n) is 16.3. The first-order chi connectivity index (χ1) is 21.4. The smallest absolute Gasteiger partial charge is 0.193 e. The molecule has 17 unspecified atom stereocenters. The van der Waals surface area contributed by atoms with Crippen LogP contribution in [0.25, 0.3) is 0 Å². The van der Waals surface area contributed by atoms with Gasteiger partial charge in [0.05, 0.1) is 49.3 Å². The van der Waals surface area contributed by atoms with Gasteiger partial charge in [-0.05, 0) is 98.7 Å². The molecule has 0 spiro atoms. The van der Waals surface area contributed by atoms with Crippen molar-refractivity contribution < 1.29 is 0 Å². The van der Waals surface area contributed by atoms with E-state index in [0.717, 1.165) is 12.8 Å². The van der Waals surface area contributed by atoms with Crippen molar-refractivity contribution in [2.45, 2.75) is 149 Å². The minimum Gasteiger partial charge on any atom is -0.286 e. The molecule has 9 rings (SSSR count). The van der Waals surface area contributed by atoms with Crippen molar-refractivity contribution in [3.63, 3.8) is 0 Å². The molecule has 0 amide bonds. The molecule has 5 saturated heterocycles. The highest BCUT2D eigenvalue weighted by Crippen LogP contribution is 2.52. The van der Waals surface area contributed by atoms with E-state index in [4.69, 9.17) is 34.8 Å². The number of alkyl halides is 3. The molecule has 0 aromatic carbocycles. The van der Waals surface area contributed by atoms with Gasteiger partial charge in [0.1, 0.15) is 0 Å². The highest BCUT2D eigenvalue weighted by molar-refractivity contribution is 6.67. The number of rotatable bonds is 0. The van der Waals surface area contributed by atoms with E-state index < -0.39 is 3.79 Å². The van der Waals surface area contributed by atoms with Gasteiger partial charge < -0.3 is 0 Å². The van der Waals surface area contributed by atoms with Crippen molar-refractivity contribution in [2.24, 2.45) is 53.3 Å². The summed E-state index contributed by atoms with van der Waals surface area (Å²) < 4.78 is -1.25. The molecule has 0 radical (unpaired) electrons. The van der Waals surface area contributed by atoms with Gasteiger partial charge in [0.25, 0.3) is 0 Å². The summed E-state index contributed by atoms with van der Waals surface area (Å²) in [6, 6.07) is 0. The third-order valence-corrected chi connectivity index (χ3v) is 15.2. The van der Waals surface area contributed by atoms with Gasteiger partial charge in [-0.3, -0.25) is 42.5 Å². The van der Waals surface area contributed by atoms with Gasteiger partial charge >= 0.3 is 0 Å². The second-order valence-corrected chi connectivity index (χ2v) is 18.7. The van der Waals surface area contributed by atoms with Crippen molar-refractivity contribution in [3.05, 3.63) is 0 Å². The van der Waals surface area contributed by atoms with Gasteiger partial charge in [-0.15, -0.1) is 0 Å². The fourth-order valence-corrected chi connectivity index (χ4v) is 13.2. The van der Waals surface area contributed by atoms with Crippen LogP contribution in [0.15, 0.2) is 0 Å². The lowest BCUT2D eigenvalue weighted by Gasteiger charge is -2.42. The summed E-state index contributed by atoms with van der Waals surface area (Å²) >= 11 is 20.3. The predicted octanol–water partition coefficient (Wildman–Crippen LogP) is 4.20. The van der Waals surface area contributed by atoms with Gasteiger partial charge in [-0.2, -0.15) is 0 Å². The molecule has 11 heteroatoms. The van der Waals surface area contributed by atoms with Crippen molar-refractivity contribution in [1.82, 2.24) is 42.5 Å². The van der Waals surface area contributed by atoms with Crippen LogP contribution in [-0.2, 0) is 0 Å². The third-order valence-electron chi connectivity index (χ3n) is 14.3. The summed E-state index contributed by atoms with van der Waals surface area (Å²) in [6.45, 7) is 0. The van der Waals surface area contributed by atoms with Crippen LogP contribution in [-0.4, -0.2) is 53.1 Å². The second kappa shape index (κ2) is 12.2. The maximum atomic E-state index is 6.78. The van der Waals surface area contributed by atoms with Gasteiger partial charge in [-0.1, -0.05) is 79.7 Å². The third kappa shape index (κ3) is 5.32. The van der Waals surface area contributed by atoms with Crippen LogP contribution in [0.3, 0.4) is 0 Å². The minimum atomic E-state index is -1.25. The summed E-state index contributed by atoms with van der Waals surface area (Å²) in [5.41, 5.74) is 0. The Morgan fingerprint density at radius 2 is 0.591 bits per heavy atom. The monoisotopic (exact) mass is 668 g/mol. The highest BCUT2D eigenvalue weighted by atomic mass is 35.6. The lowest BCUT2D eigenvalue weighted by Crippen LogP contribution is -2.62. The summed E-state index contributed by atoms with van der Waals surface area (Å²) in [5, 5.41) is 33.4. The van der Waals surface area contributed by atoms with Crippen molar-refractivity contribution in [2.75, 3.05) is 0 Å². The fraction of sp³-hybridized carbons (Fsp3) is 1.00. The summed E-state index contributed by atoms with van der Waals surface area (Å²) in [6.07, 6.45) is 21.5. The lowest BCUT2D eigenvalue weighted by molar-refractivity contribution is 0.124. The van der Waals surface area contributed by atoms with E-state index in [1.54, 1.807) is 0 Å². The fourth-order valence-electron chi connectivity index (χ4n) is 12.4. The van der Waals surface area contributed by atoms with Crippen molar-refractivity contribution in [3.8, 4) is 0 Å². The highest BCUT2D eigenvalue weighted by Gasteiger charge is 2.57. The van der Waals surface area contributed by atoms with Gasteiger partial charge in [-0.25, -0.2) is 0 Å². The zero-order valence-electron chi connectivity index (χ0n) is 26.1. The number of halogens is 3. The number of nitrogens with one attached hydrogen (secondary N) is 8. The molecule has 5 heterocycles. The first-order valence-electron chi connectivity index (χ1n) is 18.6. The first kappa shape index (κ1) is 30.6. The molecule has 17 atom stereocenters. The standard InChI is InChI=1S/C33H55Cl3N8/c34-33(35,36)23-15-7-14-22-24(23)32-43-30-21-13-6-5-12-20(21)28(41-30)39-26-17-9-2-1-8-16(17)25(37-26)38-27-18-10-3-4-11-19(18)29(40-27)42-31(22)44-32/h16-32,37-44H,1-15H2. The van der Waals surface area contributed by atoms with E-state index in [9.17, 15) is 0 Å². The Hall–Kier alpha value is 0.550. The molecule has 8 bridgehead atoms. The molecule has 0 aromatic heterocycles. The molecule has 4 saturated carbocycles. The normalized spacial score (nSPS) is 55.6. The molecular weight excluding hydrogens is 615 g/mol. The Kier molecular flexibility index (Phi) is 8.45. The summed E-state index contributed by atoms with van der Waals surface area (Å²) in [4.78, 5) is 0. The number of hydrogen-bond acceptors (Lipinski definition) is 8. The molecule has 0 aromatic rings. The topological polar surface area (TPSA) is 96.2 Å². The van der Waals surface area contributed by atoms with Crippen LogP contribution < -0.4 is 42.5 Å². The van der Waals surface area contributed by atoms with Gasteiger partial charge in [0.15, 0.2) is 3.79 Å². The Morgan fingerprint density at radius 1 is 0.318 bits per heavy atom. The van der Waals surface area contributed by atoms with Crippen LogP contribution in [0.2, 0.25) is 0 Å². The molecule has 44 heavy (non-hydrogen) atoms. The molecule has 8 N–H and O–H groups in total. The van der Waals surface area contributed by atoms with Gasteiger partial charge in [0.2, 0.25) is 0 Å². The molecule has 9 aliphatic rings. The van der Waals surface area contributed by atoms with Crippen molar-refractivity contribution in [1.29, 1.82) is 0 Å². The summed E-state index contributed by atoms with van der Waals surface area (Å²) in [7, 11) is 0. The van der Waals surface area contributed by atoms with E-state index >= 15 is 0 Å². The van der Waals surface area contributed by atoms with E-state index in [0.29, 0.717) is 72.3 Å². The molecule has 8 nitrogen and oxygen atoms in total. The van der Waals surface area contributed by atoms with E-state index in [1.165, 1.54) is 83.5 Å². The quantitative estimate of drug-likeness (QED) is 0.182. The van der Waals surface area contributed by atoms with Crippen LogP contribution in [0.4, 0.5) is 0 Å². The zero-order chi connectivity index (χ0) is 29.6. The van der Waals surface area contributed by atoms with Crippen molar-refractivity contribution >= 4 is 34.8 Å². The molecule has 5 aliphatic heterocycles. The Balaban J connectivity index is 1.07. The average molecular weight is 670 g/mol. The maximum Gasteiger partial charge on any atom is 0.193 e. The van der Waals surface area contributed by atoms with E-state index in [1.807, 2.05) is 0 Å². The largest absolute Gasteiger partial charge is 0.286 e. The molecule has 4 aliphatic carbocycles. The van der Waals surface area contributed by atoms with E-state index in [2.05, 4.69) is 42.5 Å². The molecule has 248 valence electrons. The molecular formula is C33H55Cl3N8. The first-order valence-corrected chi connectivity index (χ1v) is 19.7. The Bertz CT molecular complexity index is 1040. The van der Waals surface area contributed by atoms with E-state index in [-0.39, 0.29) is 30.3 Å². The van der Waals surface area contributed by atoms with Crippen LogP contribution >= 0.6 is 34.8 Å². The summed E-state index contributed by atoms with van der Waals surface area (Å²) in [5.74, 6) is 4.73.